The van der Waals surface area contributed by atoms with Gasteiger partial charge >= 0.3 is 5.97 Å². The van der Waals surface area contributed by atoms with Gasteiger partial charge in [0.2, 0.25) is 5.88 Å². The first kappa shape index (κ1) is 11.1. The number of hydrogen-bond acceptors (Lipinski definition) is 5. The number of benzene rings is 1. The Morgan fingerprint density at radius 3 is 2.71 bits per heavy atom. The van der Waals surface area contributed by atoms with Gasteiger partial charge in [-0.15, -0.1) is 0 Å². The minimum Gasteiger partial charge on any atom is -0.497 e. The number of rotatable bonds is 3. The molecule has 2 N–H and O–H groups in total. The van der Waals surface area contributed by atoms with E-state index in [9.17, 15) is 4.79 Å². The van der Waals surface area contributed by atoms with E-state index in [0.29, 0.717) is 11.5 Å². The average molecular weight is 233 g/mol. The molecule has 2 rings (SSSR count). The summed E-state index contributed by atoms with van der Waals surface area (Å²) in [7, 11) is 1.54. The Bertz CT molecular complexity index is 533. The number of nitrogen functional groups attached to an aromatic ring is 1. The van der Waals surface area contributed by atoms with Gasteiger partial charge in [-0.3, -0.25) is 0 Å². The summed E-state index contributed by atoms with van der Waals surface area (Å²) < 4.78 is 15.0. The molecule has 17 heavy (non-hydrogen) atoms. The zero-order valence-electron chi connectivity index (χ0n) is 9.17. The summed E-state index contributed by atoms with van der Waals surface area (Å²) in [5.41, 5.74) is 5.66. The molecular formula is C12H11NO4. The SMILES string of the molecule is COc1cccc(OC(=O)c2ccoc2N)c1. The number of anilines is 1. The Labute approximate surface area is 97.7 Å². The molecule has 0 aliphatic carbocycles. The fourth-order valence-electron chi connectivity index (χ4n) is 1.32. The summed E-state index contributed by atoms with van der Waals surface area (Å²) in [6, 6.07) is 8.19. The maximum Gasteiger partial charge on any atom is 0.349 e. The van der Waals surface area contributed by atoms with E-state index in [0.717, 1.165) is 0 Å². The van der Waals surface area contributed by atoms with Crippen molar-refractivity contribution in [2.24, 2.45) is 0 Å². The van der Waals surface area contributed by atoms with Crippen molar-refractivity contribution in [1.82, 2.24) is 0 Å². The van der Waals surface area contributed by atoms with Crippen LogP contribution in [0.3, 0.4) is 0 Å². The standard InChI is InChI=1S/C12H11NO4/c1-15-8-3-2-4-9(7-8)17-12(14)10-5-6-16-11(10)13/h2-7H,13H2,1H3. The van der Waals surface area contributed by atoms with Crippen LogP contribution >= 0.6 is 0 Å². The number of hydrogen-bond donors (Lipinski definition) is 1. The maximum absolute atomic E-state index is 11.7. The molecule has 0 unspecified atom stereocenters. The van der Waals surface area contributed by atoms with Crippen LogP contribution in [0.25, 0.3) is 0 Å². The molecule has 2 aromatic rings. The highest BCUT2D eigenvalue weighted by molar-refractivity contribution is 5.95. The van der Waals surface area contributed by atoms with Crippen molar-refractivity contribution < 1.29 is 18.7 Å². The monoisotopic (exact) mass is 233 g/mol. The molecule has 0 saturated heterocycles. The minimum atomic E-state index is -0.565. The molecule has 0 bridgehead atoms. The Balaban J connectivity index is 2.16. The third-order valence-electron chi connectivity index (χ3n) is 2.17. The lowest BCUT2D eigenvalue weighted by Crippen LogP contribution is -2.09. The van der Waals surface area contributed by atoms with Crippen LogP contribution in [0.5, 0.6) is 11.5 Å². The molecule has 5 heteroatoms. The lowest BCUT2D eigenvalue weighted by atomic mass is 10.3. The molecule has 5 nitrogen and oxygen atoms in total. The summed E-state index contributed by atoms with van der Waals surface area (Å²) >= 11 is 0. The van der Waals surface area contributed by atoms with E-state index in [2.05, 4.69) is 0 Å². The summed E-state index contributed by atoms with van der Waals surface area (Å²) in [5, 5.41) is 0. The summed E-state index contributed by atoms with van der Waals surface area (Å²) in [6.45, 7) is 0. The molecule has 88 valence electrons. The van der Waals surface area contributed by atoms with Gasteiger partial charge in [0.1, 0.15) is 17.1 Å². The van der Waals surface area contributed by atoms with E-state index in [4.69, 9.17) is 19.6 Å². The van der Waals surface area contributed by atoms with Gasteiger partial charge in [-0.25, -0.2) is 4.79 Å². The van der Waals surface area contributed by atoms with Gasteiger partial charge in [-0.2, -0.15) is 0 Å². The topological polar surface area (TPSA) is 74.7 Å². The van der Waals surface area contributed by atoms with Crippen LogP contribution in [0.1, 0.15) is 10.4 Å². The van der Waals surface area contributed by atoms with Crippen molar-refractivity contribution >= 4 is 11.9 Å². The number of esters is 1. The van der Waals surface area contributed by atoms with Crippen LogP contribution in [0.2, 0.25) is 0 Å². The minimum absolute atomic E-state index is 0.0397. The Morgan fingerprint density at radius 1 is 1.29 bits per heavy atom. The Hall–Kier alpha value is -2.43. The van der Waals surface area contributed by atoms with Crippen molar-refractivity contribution in [3.63, 3.8) is 0 Å². The molecule has 0 saturated carbocycles. The van der Waals surface area contributed by atoms with Gasteiger partial charge in [-0.05, 0) is 18.2 Å². The molecule has 0 aliphatic rings. The molecule has 0 fully saturated rings. The third kappa shape index (κ3) is 2.39. The Morgan fingerprint density at radius 2 is 2.06 bits per heavy atom. The smallest absolute Gasteiger partial charge is 0.349 e. The molecular weight excluding hydrogens is 222 g/mol. The van der Waals surface area contributed by atoms with E-state index in [1.165, 1.54) is 19.4 Å². The van der Waals surface area contributed by atoms with Crippen molar-refractivity contribution in [3.05, 3.63) is 42.2 Å². The summed E-state index contributed by atoms with van der Waals surface area (Å²) in [4.78, 5) is 11.7. The predicted molar refractivity (Wildman–Crippen MR) is 61.1 cm³/mol. The lowest BCUT2D eigenvalue weighted by molar-refractivity contribution is 0.0735. The van der Waals surface area contributed by atoms with E-state index >= 15 is 0 Å². The van der Waals surface area contributed by atoms with Crippen LogP contribution < -0.4 is 15.2 Å². The molecule has 0 amide bonds. The van der Waals surface area contributed by atoms with E-state index in [1.807, 2.05) is 0 Å². The lowest BCUT2D eigenvalue weighted by Gasteiger charge is -2.05. The average Bonchev–Trinajstić information content (AvgIpc) is 2.76. The Kier molecular flexibility index (Phi) is 3.00. The van der Waals surface area contributed by atoms with Gasteiger partial charge in [0.05, 0.1) is 13.4 Å². The van der Waals surface area contributed by atoms with Gasteiger partial charge in [0.15, 0.2) is 0 Å². The zero-order chi connectivity index (χ0) is 12.3. The number of methoxy groups -OCH3 is 1. The number of carbonyl (C=O) groups is 1. The summed E-state index contributed by atoms with van der Waals surface area (Å²) in [6.07, 6.45) is 1.33. The normalized spacial score (nSPS) is 9.94. The van der Waals surface area contributed by atoms with Crippen LogP contribution in [-0.4, -0.2) is 13.1 Å². The zero-order valence-corrected chi connectivity index (χ0v) is 9.17. The molecule has 1 aromatic carbocycles. The molecule has 1 heterocycles. The second-order valence-corrected chi connectivity index (χ2v) is 3.27. The fraction of sp³-hybridized carbons (Fsp3) is 0.0833. The first-order chi connectivity index (χ1) is 8.20. The highest BCUT2D eigenvalue weighted by Gasteiger charge is 2.14. The number of carbonyl (C=O) groups excluding carboxylic acids is 1. The van der Waals surface area contributed by atoms with Crippen LogP contribution in [0, 0.1) is 0 Å². The molecule has 0 aliphatic heterocycles. The largest absolute Gasteiger partial charge is 0.497 e. The molecule has 0 atom stereocenters. The van der Waals surface area contributed by atoms with Crippen LogP contribution in [0.4, 0.5) is 5.88 Å². The quantitative estimate of drug-likeness (QED) is 0.649. The molecule has 0 radical (unpaired) electrons. The predicted octanol–water partition coefficient (Wildman–Crippen LogP) is 2.09. The van der Waals surface area contributed by atoms with E-state index in [1.54, 1.807) is 24.3 Å². The van der Waals surface area contributed by atoms with Gasteiger partial charge in [0.25, 0.3) is 0 Å². The van der Waals surface area contributed by atoms with E-state index < -0.39 is 5.97 Å². The van der Waals surface area contributed by atoms with Crippen LogP contribution in [-0.2, 0) is 0 Å². The van der Waals surface area contributed by atoms with Crippen molar-refractivity contribution in [2.45, 2.75) is 0 Å². The maximum atomic E-state index is 11.7. The molecule has 0 spiro atoms. The molecule has 1 aromatic heterocycles. The number of furan rings is 1. The van der Waals surface area contributed by atoms with Gasteiger partial charge in [-0.1, -0.05) is 6.07 Å². The van der Waals surface area contributed by atoms with Crippen molar-refractivity contribution in [1.29, 1.82) is 0 Å². The summed E-state index contributed by atoms with van der Waals surface area (Å²) in [5.74, 6) is 0.466. The first-order valence-electron chi connectivity index (χ1n) is 4.90. The van der Waals surface area contributed by atoms with E-state index in [-0.39, 0.29) is 11.4 Å². The highest BCUT2D eigenvalue weighted by Crippen LogP contribution is 2.21. The number of ether oxygens (including phenoxy) is 2. The van der Waals surface area contributed by atoms with Crippen LogP contribution in [0.15, 0.2) is 41.0 Å². The fourth-order valence-corrected chi connectivity index (χ4v) is 1.32. The third-order valence-corrected chi connectivity index (χ3v) is 2.17. The second kappa shape index (κ2) is 4.61. The first-order valence-corrected chi connectivity index (χ1v) is 4.90. The van der Waals surface area contributed by atoms with Gasteiger partial charge in [0, 0.05) is 6.07 Å². The second-order valence-electron chi connectivity index (χ2n) is 3.27. The van der Waals surface area contributed by atoms with Crippen molar-refractivity contribution in [2.75, 3.05) is 12.8 Å². The van der Waals surface area contributed by atoms with Crippen molar-refractivity contribution in [3.8, 4) is 11.5 Å². The number of nitrogens with two attached hydrogens (primary N) is 1. The highest BCUT2D eigenvalue weighted by atomic mass is 16.5. The van der Waals surface area contributed by atoms with Gasteiger partial charge < -0.3 is 19.6 Å².